The molecule has 0 bridgehead atoms. The maximum atomic E-state index is 3.75. The normalized spacial score (nSPS) is 25.3. The van der Waals surface area contributed by atoms with Gasteiger partial charge in [-0.05, 0) is 50.3 Å². The Hall–Kier alpha value is -0.820. The molecule has 1 aromatic rings. The van der Waals surface area contributed by atoms with Crippen molar-refractivity contribution in [3.05, 3.63) is 34.9 Å². The van der Waals surface area contributed by atoms with Crippen LogP contribution in [0.2, 0.25) is 0 Å². The Labute approximate surface area is 99.3 Å². The predicted octanol–water partition coefficient (Wildman–Crippen LogP) is 3.54. The monoisotopic (exact) mass is 217 g/mol. The fraction of sp³-hybridized carbons (Fsp3) is 0.600. The quantitative estimate of drug-likeness (QED) is 0.799. The van der Waals surface area contributed by atoms with Gasteiger partial charge in [-0.25, -0.2) is 0 Å². The molecule has 0 saturated carbocycles. The van der Waals surface area contributed by atoms with Crippen molar-refractivity contribution in [1.29, 1.82) is 0 Å². The van der Waals surface area contributed by atoms with E-state index in [1.807, 2.05) is 0 Å². The van der Waals surface area contributed by atoms with Gasteiger partial charge in [-0.15, -0.1) is 0 Å². The summed E-state index contributed by atoms with van der Waals surface area (Å²) in [6.07, 6.45) is 2.57. The average molecular weight is 217 g/mol. The highest BCUT2D eigenvalue weighted by atomic mass is 15.0. The Morgan fingerprint density at radius 2 is 2.00 bits per heavy atom. The summed E-state index contributed by atoms with van der Waals surface area (Å²) in [4.78, 5) is 0. The topological polar surface area (TPSA) is 12.0 Å². The van der Waals surface area contributed by atoms with Crippen LogP contribution in [0.25, 0.3) is 0 Å². The van der Waals surface area contributed by atoms with Crippen LogP contribution >= 0.6 is 0 Å². The molecule has 1 atom stereocenters. The van der Waals surface area contributed by atoms with Crippen LogP contribution in [0.15, 0.2) is 18.2 Å². The molecule has 2 rings (SSSR count). The minimum absolute atomic E-state index is 0.218. The van der Waals surface area contributed by atoms with Crippen molar-refractivity contribution >= 4 is 0 Å². The van der Waals surface area contributed by atoms with E-state index in [4.69, 9.17) is 0 Å². The molecule has 88 valence electrons. The first-order valence-electron chi connectivity index (χ1n) is 6.39. The van der Waals surface area contributed by atoms with Gasteiger partial charge in [-0.2, -0.15) is 0 Å². The lowest BCUT2D eigenvalue weighted by Crippen LogP contribution is -2.42. The Balaban J connectivity index is 2.50. The number of aryl methyl sites for hydroxylation is 2. The van der Waals surface area contributed by atoms with E-state index in [0.29, 0.717) is 5.92 Å². The highest BCUT2D eigenvalue weighted by Crippen LogP contribution is 2.39. The number of benzene rings is 1. The van der Waals surface area contributed by atoms with Crippen molar-refractivity contribution in [3.8, 4) is 0 Å². The zero-order valence-corrected chi connectivity index (χ0v) is 10.9. The first kappa shape index (κ1) is 11.7. The standard InChI is InChI=1S/C15H23N/c1-11(2)15(8-5-9-16-15)14-10-12(3)6-7-13(14)4/h6-7,10-11,16H,5,8-9H2,1-4H3. The van der Waals surface area contributed by atoms with Crippen LogP contribution in [-0.2, 0) is 5.54 Å². The molecule has 1 aromatic carbocycles. The number of hydrogen-bond acceptors (Lipinski definition) is 1. The number of rotatable bonds is 2. The minimum atomic E-state index is 0.218. The van der Waals surface area contributed by atoms with Gasteiger partial charge in [0.15, 0.2) is 0 Å². The molecule has 1 aliphatic heterocycles. The lowest BCUT2D eigenvalue weighted by molar-refractivity contribution is 0.276. The SMILES string of the molecule is Cc1ccc(C)c(C2(C(C)C)CCCN2)c1. The van der Waals surface area contributed by atoms with Crippen LogP contribution in [-0.4, -0.2) is 6.54 Å². The summed E-state index contributed by atoms with van der Waals surface area (Å²) in [5.74, 6) is 0.649. The van der Waals surface area contributed by atoms with E-state index in [1.54, 1.807) is 0 Å². The van der Waals surface area contributed by atoms with Crippen molar-refractivity contribution in [2.45, 2.75) is 46.1 Å². The molecule has 1 fully saturated rings. The highest BCUT2D eigenvalue weighted by Gasteiger charge is 2.38. The summed E-state index contributed by atoms with van der Waals surface area (Å²) in [6.45, 7) is 10.2. The van der Waals surface area contributed by atoms with E-state index in [-0.39, 0.29) is 5.54 Å². The largest absolute Gasteiger partial charge is 0.307 e. The van der Waals surface area contributed by atoms with Gasteiger partial charge in [0.05, 0.1) is 0 Å². The molecule has 1 heteroatoms. The van der Waals surface area contributed by atoms with E-state index < -0.39 is 0 Å². The van der Waals surface area contributed by atoms with Crippen LogP contribution in [0.1, 0.15) is 43.4 Å². The summed E-state index contributed by atoms with van der Waals surface area (Å²) >= 11 is 0. The lowest BCUT2D eigenvalue weighted by Gasteiger charge is -2.36. The molecule has 1 unspecified atom stereocenters. The third-order valence-corrected chi connectivity index (χ3v) is 4.05. The zero-order valence-electron chi connectivity index (χ0n) is 10.9. The van der Waals surface area contributed by atoms with Gasteiger partial charge in [-0.3, -0.25) is 0 Å². The van der Waals surface area contributed by atoms with E-state index in [2.05, 4.69) is 51.2 Å². The average Bonchev–Trinajstić information content (AvgIpc) is 2.71. The van der Waals surface area contributed by atoms with Crippen molar-refractivity contribution in [2.24, 2.45) is 5.92 Å². The first-order chi connectivity index (χ1) is 7.56. The fourth-order valence-corrected chi connectivity index (χ4v) is 3.02. The minimum Gasteiger partial charge on any atom is -0.307 e. The zero-order chi connectivity index (χ0) is 11.8. The molecule has 16 heavy (non-hydrogen) atoms. The van der Waals surface area contributed by atoms with Crippen LogP contribution < -0.4 is 5.32 Å². The lowest BCUT2D eigenvalue weighted by atomic mass is 9.76. The van der Waals surface area contributed by atoms with Crippen molar-refractivity contribution in [3.63, 3.8) is 0 Å². The molecule has 0 aliphatic carbocycles. The smallest absolute Gasteiger partial charge is 0.0461 e. The van der Waals surface area contributed by atoms with Gasteiger partial charge < -0.3 is 5.32 Å². The van der Waals surface area contributed by atoms with Crippen LogP contribution in [0.4, 0.5) is 0 Å². The second-order valence-electron chi connectivity index (χ2n) is 5.47. The predicted molar refractivity (Wildman–Crippen MR) is 69.7 cm³/mol. The van der Waals surface area contributed by atoms with Crippen molar-refractivity contribution in [2.75, 3.05) is 6.54 Å². The summed E-state index contributed by atoms with van der Waals surface area (Å²) in [6, 6.07) is 6.84. The maximum absolute atomic E-state index is 3.75. The Morgan fingerprint density at radius 1 is 1.25 bits per heavy atom. The molecular weight excluding hydrogens is 194 g/mol. The maximum Gasteiger partial charge on any atom is 0.0461 e. The molecule has 1 heterocycles. The summed E-state index contributed by atoms with van der Waals surface area (Å²) < 4.78 is 0. The van der Waals surface area contributed by atoms with Gasteiger partial charge in [0.25, 0.3) is 0 Å². The summed E-state index contributed by atoms with van der Waals surface area (Å²) in [5, 5.41) is 3.75. The van der Waals surface area contributed by atoms with E-state index in [0.717, 1.165) is 6.54 Å². The van der Waals surface area contributed by atoms with Gasteiger partial charge in [0.2, 0.25) is 0 Å². The van der Waals surface area contributed by atoms with Crippen LogP contribution in [0, 0.1) is 19.8 Å². The van der Waals surface area contributed by atoms with Gasteiger partial charge in [0, 0.05) is 5.54 Å². The summed E-state index contributed by atoms with van der Waals surface area (Å²) in [5.41, 5.74) is 4.53. The second kappa shape index (κ2) is 4.21. The van der Waals surface area contributed by atoms with Crippen molar-refractivity contribution < 1.29 is 0 Å². The molecule has 1 N–H and O–H groups in total. The van der Waals surface area contributed by atoms with Gasteiger partial charge in [0.1, 0.15) is 0 Å². The molecular formula is C15H23N. The van der Waals surface area contributed by atoms with Crippen molar-refractivity contribution in [1.82, 2.24) is 5.32 Å². The highest BCUT2D eigenvalue weighted by molar-refractivity contribution is 5.37. The van der Waals surface area contributed by atoms with E-state index >= 15 is 0 Å². The molecule has 1 saturated heterocycles. The molecule has 1 nitrogen and oxygen atoms in total. The van der Waals surface area contributed by atoms with E-state index in [1.165, 1.54) is 29.5 Å². The molecule has 0 amide bonds. The molecule has 0 aromatic heterocycles. The third-order valence-electron chi connectivity index (χ3n) is 4.05. The fourth-order valence-electron chi connectivity index (χ4n) is 3.02. The Bertz CT molecular complexity index is 373. The van der Waals surface area contributed by atoms with Crippen LogP contribution in [0.5, 0.6) is 0 Å². The molecule has 0 radical (unpaired) electrons. The van der Waals surface area contributed by atoms with Crippen LogP contribution in [0.3, 0.4) is 0 Å². The Morgan fingerprint density at radius 3 is 2.56 bits per heavy atom. The molecule has 1 aliphatic rings. The summed E-state index contributed by atoms with van der Waals surface area (Å²) in [7, 11) is 0. The molecule has 0 spiro atoms. The Kier molecular flexibility index (Phi) is 3.07. The van der Waals surface area contributed by atoms with Gasteiger partial charge >= 0.3 is 0 Å². The second-order valence-corrected chi connectivity index (χ2v) is 5.47. The first-order valence-corrected chi connectivity index (χ1v) is 6.39. The third kappa shape index (κ3) is 1.78. The number of nitrogens with one attached hydrogen (secondary N) is 1. The van der Waals surface area contributed by atoms with E-state index in [9.17, 15) is 0 Å². The van der Waals surface area contributed by atoms with Gasteiger partial charge in [-0.1, -0.05) is 37.6 Å². The number of hydrogen-bond donors (Lipinski definition) is 1.